The minimum atomic E-state index is -1.01. The van der Waals surface area contributed by atoms with Gasteiger partial charge in [0.2, 0.25) is 4.58 Å². The summed E-state index contributed by atoms with van der Waals surface area (Å²) in [7, 11) is 0. The zero-order valence-corrected chi connectivity index (χ0v) is 8.92. The molecule has 4 heteroatoms. The second-order valence-electron chi connectivity index (χ2n) is 3.17. The first-order valence-corrected chi connectivity index (χ1v) is 4.52. The Morgan fingerprint density at radius 2 is 1.18 bits per heavy atom. The smallest absolute Gasteiger partial charge is 0.224 e. The summed E-state index contributed by atoms with van der Waals surface area (Å²) in [5.74, 6) is 0. The van der Waals surface area contributed by atoms with Gasteiger partial charge in [-0.3, -0.25) is 10.6 Å². The summed E-state index contributed by atoms with van der Waals surface area (Å²) in [5.41, 5.74) is 0. The fraction of sp³-hybridized carbons (Fsp3) is 1.00. The van der Waals surface area contributed by atoms with E-state index in [1.807, 2.05) is 27.7 Å². The number of halogens is 2. The number of nitrogens with one attached hydrogen (secondary N) is 2. The van der Waals surface area contributed by atoms with E-state index in [0.29, 0.717) is 0 Å². The summed E-state index contributed by atoms with van der Waals surface area (Å²) in [5, 5.41) is 5.94. The summed E-state index contributed by atoms with van der Waals surface area (Å²) < 4.78 is -1.01. The normalized spacial score (nSPS) is 13.1. The number of hydrogen-bond acceptors (Lipinski definition) is 2. The first-order chi connectivity index (χ1) is 4.83. The molecule has 0 aromatic carbocycles. The van der Waals surface area contributed by atoms with E-state index >= 15 is 0 Å². The molecule has 0 unspecified atom stereocenters. The highest BCUT2D eigenvalue weighted by Crippen LogP contribution is 2.14. The lowest BCUT2D eigenvalue weighted by molar-refractivity contribution is 0.414. The van der Waals surface area contributed by atoms with Crippen molar-refractivity contribution in [2.45, 2.75) is 44.4 Å². The third kappa shape index (κ3) is 6.88. The van der Waals surface area contributed by atoms with Crippen LogP contribution in [0.3, 0.4) is 0 Å². The van der Waals surface area contributed by atoms with Gasteiger partial charge in [0, 0.05) is 12.1 Å². The molecule has 0 aromatic rings. The van der Waals surface area contributed by atoms with Crippen LogP contribution in [0.1, 0.15) is 27.7 Å². The van der Waals surface area contributed by atoms with Gasteiger partial charge in [-0.15, -0.1) is 0 Å². The summed E-state index contributed by atoms with van der Waals surface area (Å²) in [6.45, 7) is 7.95. The minimum absolute atomic E-state index is 0.260. The molecule has 0 bridgehead atoms. The summed E-state index contributed by atoms with van der Waals surface area (Å²) in [4.78, 5) is 0. The molecular formula is C7H16Cl2N2. The average Bonchev–Trinajstić information content (AvgIpc) is 1.53. The lowest BCUT2D eigenvalue weighted by Gasteiger charge is -2.26. The van der Waals surface area contributed by atoms with E-state index < -0.39 is 4.58 Å². The summed E-state index contributed by atoms with van der Waals surface area (Å²) in [6, 6.07) is 0.521. The van der Waals surface area contributed by atoms with E-state index in [-0.39, 0.29) is 12.1 Å². The highest BCUT2D eigenvalue weighted by atomic mass is 35.5. The number of rotatable bonds is 4. The summed E-state index contributed by atoms with van der Waals surface area (Å²) in [6.07, 6.45) is 0. The number of alkyl halides is 2. The molecule has 0 aliphatic rings. The Kier molecular flexibility index (Phi) is 4.71. The van der Waals surface area contributed by atoms with Gasteiger partial charge in [0.25, 0.3) is 0 Å². The molecular weight excluding hydrogens is 183 g/mol. The van der Waals surface area contributed by atoms with Crippen LogP contribution in [0.25, 0.3) is 0 Å². The van der Waals surface area contributed by atoms with Gasteiger partial charge in [0.15, 0.2) is 0 Å². The van der Waals surface area contributed by atoms with Crippen LogP contribution in [0, 0.1) is 0 Å². The molecule has 0 fully saturated rings. The van der Waals surface area contributed by atoms with Crippen molar-refractivity contribution in [2.24, 2.45) is 0 Å². The van der Waals surface area contributed by atoms with Crippen LogP contribution in [0.4, 0.5) is 0 Å². The maximum absolute atomic E-state index is 5.87. The van der Waals surface area contributed by atoms with E-state index in [9.17, 15) is 0 Å². The lowest BCUT2D eigenvalue weighted by atomic mass is 10.4. The van der Waals surface area contributed by atoms with Crippen molar-refractivity contribution in [3.63, 3.8) is 0 Å². The predicted octanol–water partition coefficient (Wildman–Crippen LogP) is 2.07. The fourth-order valence-electron chi connectivity index (χ4n) is 0.767. The standard InChI is InChI=1S/C7H16Cl2N2/c1-5(2)10-7(8,9)11-6(3)4/h5-6,10-11H,1-4H3. The molecule has 11 heavy (non-hydrogen) atoms. The van der Waals surface area contributed by atoms with E-state index in [0.717, 1.165) is 0 Å². The maximum atomic E-state index is 5.87. The monoisotopic (exact) mass is 198 g/mol. The van der Waals surface area contributed by atoms with Crippen molar-refractivity contribution in [1.82, 2.24) is 10.6 Å². The SMILES string of the molecule is CC(C)NC(Cl)(Cl)NC(C)C. The molecule has 0 radical (unpaired) electrons. The van der Waals surface area contributed by atoms with Gasteiger partial charge in [-0.25, -0.2) is 0 Å². The van der Waals surface area contributed by atoms with Gasteiger partial charge in [-0.05, 0) is 27.7 Å². The van der Waals surface area contributed by atoms with Gasteiger partial charge < -0.3 is 0 Å². The molecule has 0 saturated carbocycles. The predicted molar refractivity (Wildman–Crippen MR) is 51.0 cm³/mol. The van der Waals surface area contributed by atoms with Crippen LogP contribution < -0.4 is 10.6 Å². The zero-order chi connectivity index (χ0) is 9.07. The molecule has 0 saturated heterocycles. The Morgan fingerprint density at radius 3 is 1.36 bits per heavy atom. The highest BCUT2D eigenvalue weighted by Gasteiger charge is 2.24. The van der Waals surface area contributed by atoms with Crippen molar-refractivity contribution < 1.29 is 0 Å². The van der Waals surface area contributed by atoms with Gasteiger partial charge >= 0.3 is 0 Å². The van der Waals surface area contributed by atoms with Crippen LogP contribution in [0.15, 0.2) is 0 Å². The number of hydrogen-bond donors (Lipinski definition) is 2. The highest BCUT2D eigenvalue weighted by molar-refractivity contribution is 6.47. The van der Waals surface area contributed by atoms with Crippen molar-refractivity contribution >= 4 is 23.2 Å². The van der Waals surface area contributed by atoms with E-state index in [2.05, 4.69) is 10.6 Å². The van der Waals surface area contributed by atoms with Crippen LogP contribution in [0.2, 0.25) is 0 Å². The van der Waals surface area contributed by atoms with E-state index in [1.54, 1.807) is 0 Å². The van der Waals surface area contributed by atoms with Crippen LogP contribution in [0.5, 0.6) is 0 Å². The first kappa shape index (κ1) is 11.5. The third-order valence-corrected chi connectivity index (χ3v) is 1.38. The first-order valence-electron chi connectivity index (χ1n) is 3.76. The van der Waals surface area contributed by atoms with Crippen molar-refractivity contribution in [3.05, 3.63) is 0 Å². The Balaban J connectivity index is 3.79. The molecule has 0 atom stereocenters. The minimum Gasteiger partial charge on any atom is -0.271 e. The second kappa shape index (κ2) is 4.51. The van der Waals surface area contributed by atoms with Crippen molar-refractivity contribution in [1.29, 1.82) is 0 Å². The van der Waals surface area contributed by atoms with Crippen LogP contribution in [-0.4, -0.2) is 16.7 Å². The Labute approximate surface area is 78.6 Å². The molecule has 0 rings (SSSR count). The van der Waals surface area contributed by atoms with Crippen LogP contribution >= 0.6 is 23.2 Å². The van der Waals surface area contributed by atoms with E-state index in [4.69, 9.17) is 23.2 Å². The third-order valence-electron chi connectivity index (χ3n) is 0.940. The Bertz CT molecular complexity index is 101. The van der Waals surface area contributed by atoms with Crippen LogP contribution in [-0.2, 0) is 0 Å². The molecule has 2 N–H and O–H groups in total. The van der Waals surface area contributed by atoms with Gasteiger partial charge in [-0.1, -0.05) is 23.2 Å². The van der Waals surface area contributed by atoms with E-state index in [1.165, 1.54) is 0 Å². The Hall–Kier alpha value is 0.500. The molecule has 68 valence electrons. The van der Waals surface area contributed by atoms with Gasteiger partial charge in [0.1, 0.15) is 0 Å². The zero-order valence-electron chi connectivity index (χ0n) is 7.41. The van der Waals surface area contributed by atoms with Crippen molar-refractivity contribution in [3.8, 4) is 0 Å². The molecule has 0 heterocycles. The Morgan fingerprint density at radius 1 is 0.909 bits per heavy atom. The van der Waals surface area contributed by atoms with Crippen molar-refractivity contribution in [2.75, 3.05) is 0 Å². The molecule has 0 aliphatic heterocycles. The fourth-order valence-corrected chi connectivity index (χ4v) is 1.64. The lowest BCUT2D eigenvalue weighted by Crippen LogP contribution is -2.52. The van der Waals surface area contributed by atoms with Gasteiger partial charge in [-0.2, -0.15) is 0 Å². The quantitative estimate of drug-likeness (QED) is 0.411. The largest absolute Gasteiger partial charge is 0.271 e. The second-order valence-corrected chi connectivity index (χ2v) is 4.50. The van der Waals surface area contributed by atoms with Gasteiger partial charge in [0.05, 0.1) is 0 Å². The molecule has 0 amide bonds. The summed E-state index contributed by atoms with van der Waals surface area (Å²) >= 11 is 11.7. The average molecular weight is 199 g/mol. The molecule has 0 spiro atoms. The molecule has 2 nitrogen and oxygen atoms in total. The molecule has 0 aliphatic carbocycles. The molecule has 0 aromatic heterocycles. The topological polar surface area (TPSA) is 24.1 Å². The maximum Gasteiger partial charge on any atom is 0.224 e.